The summed E-state index contributed by atoms with van der Waals surface area (Å²) >= 11 is 0. The number of hydrogen-bond donors (Lipinski definition) is 3. The number of pyridine rings is 1. The van der Waals surface area contributed by atoms with Gasteiger partial charge in [-0.05, 0) is 12.1 Å². The molecule has 0 spiro atoms. The standard InChI is InChI=1S/C6H9BNO4/c1-12-5-3-2-4-8-6(5)7(9,10)11/h2-4,9-11H,1H3/q-1. The summed E-state index contributed by atoms with van der Waals surface area (Å²) in [4.78, 5) is 3.57. The summed E-state index contributed by atoms with van der Waals surface area (Å²) in [6.07, 6.45) is 1.33. The Balaban J connectivity index is 3.14. The van der Waals surface area contributed by atoms with Crippen molar-refractivity contribution in [3.8, 4) is 5.75 Å². The van der Waals surface area contributed by atoms with Gasteiger partial charge < -0.3 is 19.8 Å². The highest BCUT2D eigenvalue weighted by Gasteiger charge is 2.23. The lowest BCUT2D eigenvalue weighted by molar-refractivity contribution is 0.246. The van der Waals surface area contributed by atoms with E-state index in [0.29, 0.717) is 0 Å². The van der Waals surface area contributed by atoms with E-state index in [1.54, 1.807) is 6.07 Å². The molecular formula is C6H9BNO4-. The van der Waals surface area contributed by atoms with Gasteiger partial charge in [0.1, 0.15) is 5.75 Å². The molecule has 12 heavy (non-hydrogen) atoms. The van der Waals surface area contributed by atoms with Gasteiger partial charge in [0.25, 0.3) is 0 Å². The van der Waals surface area contributed by atoms with Crippen LogP contribution in [0.5, 0.6) is 5.75 Å². The smallest absolute Gasteiger partial charge is 0.424 e. The van der Waals surface area contributed by atoms with Gasteiger partial charge in [0, 0.05) is 11.8 Å². The minimum atomic E-state index is -3.57. The molecule has 0 bridgehead atoms. The number of nitrogens with zero attached hydrogens (tertiary/aromatic N) is 1. The monoisotopic (exact) mass is 170 g/mol. The third-order valence-corrected chi connectivity index (χ3v) is 1.39. The molecule has 0 aliphatic carbocycles. The molecule has 0 saturated heterocycles. The first-order valence-electron chi connectivity index (χ1n) is 3.36. The first kappa shape index (κ1) is 8.99. The maximum atomic E-state index is 8.83. The number of hydrogen-bond acceptors (Lipinski definition) is 5. The summed E-state index contributed by atoms with van der Waals surface area (Å²) in [5.41, 5.74) is -0.264. The molecule has 6 heteroatoms. The number of methoxy groups -OCH3 is 1. The average Bonchev–Trinajstić information content (AvgIpc) is 2.03. The molecule has 1 rings (SSSR count). The summed E-state index contributed by atoms with van der Waals surface area (Å²) < 4.78 is 4.74. The SMILES string of the molecule is COc1cccnc1[B-](O)(O)O. The van der Waals surface area contributed by atoms with Crippen molar-refractivity contribution in [3.63, 3.8) is 0 Å². The lowest BCUT2D eigenvalue weighted by atomic mass is 9.75. The molecular weight excluding hydrogens is 161 g/mol. The molecule has 0 aromatic carbocycles. The third kappa shape index (κ3) is 1.73. The van der Waals surface area contributed by atoms with Crippen molar-refractivity contribution < 1.29 is 19.8 Å². The van der Waals surface area contributed by atoms with Crippen LogP contribution in [0.2, 0.25) is 0 Å². The van der Waals surface area contributed by atoms with Crippen LogP contribution in [0, 0.1) is 0 Å². The van der Waals surface area contributed by atoms with Crippen molar-refractivity contribution in [2.75, 3.05) is 7.11 Å². The number of ether oxygens (including phenoxy) is 1. The second kappa shape index (κ2) is 3.10. The molecule has 5 nitrogen and oxygen atoms in total. The summed E-state index contributed by atoms with van der Waals surface area (Å²) in [7, 11) is 1.35. The Bertz CT molecular complexity index is 272. The van der Waals surface area contributed by atoms with E-state index in [4.69, 9.17) is 19.8 Å². The highest BCUT2D eigenvalue weighted by atomic mass is 16.6. The summed E-state index contributed by atoms with van der Waals surface area (Å²) in [5, 5.41) is 26.5. The van der Waals surface area contributed by atoms with Crippen molar-refractivity contribution in [1.82, 2.24) is 4.98 Å². The molecule has 66 valence electrons. The molecule has 0 unspecified atom stereocenters. The third-order valence-electron chi connectivity index (χ3n) is 1.39. The molecule has 3 N–H and O–H groups in total. The fraction of sp³-hybridized carbons (Fsp3) is 0.167. The predicted molar refractivity (Wildman–Crippen MR) is 42.8 cm³/mol. The van der Waals surface area contributed by atoms with Gasteiger partial charge in [0.15, 0.2) is 0 Å². The molecule has 0 aliphatic rings. The van der Waals surface area contributed by atoms with Crippen LogP contribution < -0.4 is 10.3 Å². The largest absolute Gasteiger partial charge is 0.555 e. The lowest BCUT2D eigenvalue weighted by Crippen LogP contribution is -2.50. The highest BCUT2D eigenvalue weighted by molar-refractivity contribution is 6.71. The van der Waals surface area contributed by atoms with Gasteiger partial charge >= 0.3 is 6.75 Å². The van der Waals surface area contributed by atoms with Crippen LogP contribution in [0.3, 0.4) is 0 Å². The first-order chi connectivity index (χ1) is 5.55. The zero-order valence-corrected chi connectivity index (χ0v) is 6.51. The van der Waals surface area contributed by atoms with Crippen molar-refractivity contribution in [2.24, 2.45) is 0 Å². The van der Waals surface area contributed by atoms with Crippen molar-refractivity contribution >= 4 is 12.3 Å². The Morgan fingerprint density at radius 1 is 1.42 bits per heavy atom. The van der Waals surface area contributed by atoms with Crippen LogP contribution in [-0.4, -0.2) is 33.9 Å². The van der Waals surface area contributed by atoms with E-state index in [1.807, 2.05) is 0 Å². The molecule has 0 radical (unpaired) electrons. The molecule has 0 atom stereocenters. The van der Waals surface area contributed by atoms with Gasteiger partial charge in [-0.15, -0.1) is 0 Å². The Morgan fingerprint density at radius 2 is 2.08 bits per heavy atom. The summed E-state index contributed by atoms with van der Waals surface area (Å²) in [5.74, 6) is 0.144. The summed E-state index contributed by atoms with van der Waals surface area (Å²) in [6, 6.07) is 3.03. The fourth-order valence-electron chi connectivity index (χ4n) is 0.866. The Hall–Kier alpha value is -1.11. The van der Waals surface area contributed by atoms with E-state index in [9.17, 15) is 0 Å². The second-order valence-electron chi connectivity index (χ2n) is 2.32. The second-order valence-corrected chi connectivity index (χ2v) is 2.32. The van der Waals surface area contributed by atoms with Crippen LogP contribution in [0.25, 0.3) is 0 Å². The molecule has 0 fully saturated rings. The number of rotatable bonds is 2. The molecule has 1 heterocycles. The van der Waals surface area contributed by atoms with E-state index in [1.165, 1.54) is 19.4 Å². The van der Waals surface area contributed by atoms with Crippen molar-refractivity contribution in [1.29, 1.82) is 0 Å². The average molecular weight is 170 g/mol. The Morgan fingerprint density at radius 3 is 2.50 bits per heavy atom. The van der Waals surface area contributed by atoms with Gasteiger partial charge in [-0.2, -0.15) is 0 Å². The van der Waals surface area contributed by atoms with Crippen LogP contribution in [0.1, 0.15) is 0 Å². The topological polar surface area (TPSA) is 82.8 Å². The van der Waals surface area contributed by atoms with Crippen molar-refractivity contribution in [3.05, 3.63) is 18.3 Å². The lowest BCUT2D eigenvalue weighted by Gasteiger charge is -2.21. The van der Waals surface area contributed by atoms with Crippen LogP contribution >= 0.6 is 0 Å². The maximum absolute atomic E-state index is 8.83. The van der Waals surface area contributed by atoms with Crippen LogP contribution in [0.15, 0.2) is 18.3 Å². The maximum Gasteiger partial charge on any atom is 0.424 e. The van der Waals surface area contributed by atoms with Gasteiger partial charge in [-0.3, -0.25) is 4.98 Å². The van der Waals surface area contributed by atoms with Crippen molar-refractivity contribution in [2.45, 2.75) is 0 Å². The fourth-order valence-corrected chi connectivity index (χ4v) is 0.866. The van der Waals surface area contributed by atoms with Gasteiger partial charge in [0.05, 0.1) is 7.11 Å². The minimum Gasteiger partial charge on any atom is -0.555 e. The van der Waals surface area contributed by atoms with Crippen LogP contribution in [0.4, 0.5) is 0 Å². The predicted octanol–water partition coefficient (Wildman–Crippen LogP) is -1.79. The van der Waals surface area contributed by atoms with Gasteiger partial charge in [0.2, 0.25) is 0 Å². The van der Waals surface area contributed by atoms with E-state index in [2.05, 4.69) is 4.98 Å². The molecule has 0 saturated carbocycles. The summed E-state index contributed by atoms with van der Waals surface area (Å²) in [6.45, 7) is -3.57. The van der Waals surface area contributed by atoms with E-state index >= 15 is 0 Å². The first-order valence-corrected chi connectivity index (χ1v) is 3.36. The quantitative estimate of drug-likeness (QED) is 0.456. The molecule has 1 aromatic heterocycles. The van der Waals surface area contributed by atoms with E-state index in [0.717, 1.165) is 0 Å². The Labute approximate surface area is 69.3 Å². The zero-order valence-electron chi connectivity index (χ0n) is 6.51. The van der Waals surface area contributed by atoms with Crippen LogP contribution in [-0.2, 0) is 0 Å². The van der Waals surface area contributed by atoms with Gasteiger partial charge in [-0.1, -0.05) is 0 Å². The van der Waals surface area contributed by atoms with E-state index < -0.39 is 6.75 Å². The molecule has 0 aliphatic heterocycles. The number of aromatic nitrogens is 1. The normalized spacial score (nSPS) is 11.3. The zero-order chi connectivity index (χ0) is 9.19. The minimum absolute atomic E-state index is 0.144. The van der Waals surface area contributed by atoms with Gasteiger partial charge in [-0.25, -0.2) is 0 Å². The molecule has 1 aromatic rings. The highest BCUT2D eigenvalue weighted by Crippen LogP contribution is 2.05. The molecule has 0 amide bonds. The Kier molecular flexibility index (Phi) is 2.32. The van der Waals surface area contributed by atoms with E-state index in [-0.39, 0.29) is 11.3 Å².